The summed E-state index contributed by atoms with van der Waals surface area (Å²) in [5.41, 5.74) is -0.179. The second kappa shape index (κ2) is 6.85. The van der Waals surface area contributed by atoms with Gasteiger partial charge in [-0.15, -0.1) is 0 Å². The zero-order valence-electron chi connectivity index (χ0n) is 13.6. The molecule has 0 bridgehead atoms. The van der Waals surface area contributed by atoms with Crippen molar-refractivity contribution in [2.45, 2.75) is 44.8 Å². The third-order valence-corrected chi connectivity index (χ3v) is 4.14. The average molecular weight is 354 g/mol. The van der Waals surface area contributed by atoms with Crippen molar-refractivity contribution < 1.29 is 17.6 Å². The molecule has 2 aromatic rings. The number of aromatic nitrogens is 2. The van der Waals surface area contributed by atoms with E-state index in [2.05, 4.69) is 20.6 Å². The predicted octanol–water partition coefficient (Wildman–Crippen LogP) is 5.04. The summed E-state index contributed by atoms with van der Waals surface area (Å²) in [6.45, 7) is 1.58. The third-order valence-electron chi connectivity index (χ3n) is 4.14. The molecule has 0 radical (unpaired) electrons. The highest BCUT2D eigenvalue weighted by molar-refractivity contribution is 5.58. The van der Waals surface area contributed by atoms with E-state index >= 15 is 0 Å². The molecule has 1 heterocycles. The molecule has 0 spiro atoms. The van der Waals surface area contributed by atoms with Crippen LogP contribution in [0.5, 0.6) is 0 Å². The van der Waals surface area contributed by atoms with Crippen LogP contribution in [-0.2, 0) is 6.18 Å². The Kier molecular flexibility index (Phi) is 4.78. The lowest BCUT2D eigenvalue weighted by Crippen LogP contribution is -2.19. The Balaban J connectivity index is 1.89. The smallest absolute Gasteiger partial charge is 0.351 e. The maximum absolute atomic E-state index is 13.3. The van der Waals surface area contributed by atoms with Crippen molar-refractivity contribution in [2.75, 3.05) is 10.6 Å². The van der Waals surface area contributed by atoms with Gasteiger partial charge in [0, 0.05) is 17.8 Å². The first-order chi connectivity index (χ1) is 11.8. The molecular weight excluding hydrogens is 336 g/mol. The highest BCUT2D eigenvalue weighted by Gasteiger charge is 2.34. The quantitative estimate of drug-likeness (QED) is 0.755. The van der Waals surface area contributed by atoms with E-state index in [1.807, 2.05) is 0 Å². The van der Waals surface area contributed by atoms with E-state index in [-0.39, 0.29) is 23.6 Å². The summed E-state index contributed by atoms with van der Waals surface area (Å²) in [5, 5.41) is 5.77. The summed E-state index contributed by atoms with van der Waals surface area (Å²) in [6.07, 6.45) is -0.726. The van der Waals surface area contributed by atoms with Gasteiger partial charge in [0.2, 0.25) is 5.95 Å². The SMILES string of the molecule is Cc1cc(Nc2cc(C(F)(F)F)nc(NC3CCCC3)n2)ccc1F. The maximum Gasteiger partial charge on any atom is 0.433 e. The van der Waals surface area contributed by atoms with Crippen molar-refractivity contribution >= 4 is 17.5 Å². The molecule has 0 unspecified atom stereocenters. The number of rotatable bonds is 4. The number of nitrogens with zero attached hydrogens (tertiary/aromatic N) is 2. The van der Waals surface area contributed by atoms with Crippen LogP contribution in [0.3, 0.4) is 0 Å². The molecule has 1 fully saturated rings. The fraction of sp³-hybridized carbons (Fsp3) is 0.412. The minimum absolute atomic E-state index is 0.00818. The lowest BCUT2D eigenvalue weighted by molar-refractivity contribution is -0.141. The molecule has 4 nitrogen and oxygen atoms in total. The van der Waals surface area contributed by atoms with Crippen molar-refractivity contribution in [2.24, 2.45) is 0 Å². The Morgan fingerprint density at radius 1 is 1.08 bits per heavy atom. The number of benzene rings is 1. The lowest BCUT2D eigenvalue weighted by Gasteiger charge is -2.16. The topological polar surface area (TPSA) is 49.8 Å². The monoisotopic (exact) mass is 354 g/mol. The Bertz CT molecular complexity index is 755. The normalized spacial score (nSPS) is 15.4. The highest BCUT2D eigenvalue weighted by atomic mass is 19.4. The van der Waals surface area contributed by atoms with Crippen LogP contribution in [0, 0.1) is 12.7 Å². The number of hydrogen-bond donors (Lipinski definition) is 2. The van der Waals surface area contributed by atoms with Crippen molar-refractivity contribution in [1.82, 2.24) is 9.97 Å². The zero-order chi connectivity index (χ0) is 18.0. The van der Waals surface area contributed by atoms with Crippen LogP contribution in [-0.4, -0.2) is 16.0 Å². The summed E-state index contributed by atoms with van der Waals surface area (Å²) >= 11 is 0. The molecule has 0 saturated heterocycles. The van der Waals surface area contributed by atoms with Crippen molar-refractivity contribution in [3.63, 3.8) is 0 Å². The van der Waals surface area contributed by atoms with Crippen molar-refractivity contribution in [1.29, 1.82) is 0 Å². The van der Waals surface area contributed by atoms with E-state index in [1.165, 1.54) is 18.2 Å². The molecule has 1 aromatic carbocycles. The van der Waals surface area contributed by atoms with E-state index in [9.17, 15) is 17.6 Å². The molecule has 0 amide bonds. The minimum atomic E-state index is -4.58. The second-order valence-electron chi connectivity index (χ2n) is 6.17. The molecule has 1 saturated carbocycles. The Morgan fingerprint density at radius 2 is 1.80 bits per heavy atom. The summed E-state index contributed by atoms with van der Waals surface area (Å²) in [5.74, 6) is -0.426. The molecule has 134 valence electrons. The molecule has 8 heteroatoms. The number of hydrogen-bond acceptors (Lipinski definition) is 4. The van der Waals surface area contributed by atoms with Gasteiger partial charge in [-0.2, -0.15) is 18.2 Å². The van der Waals surface area contributed by atoms with Crippen LogP contribution in [0.2, 0.25) is 0 Å². The third kappa shape index (κ3) is 4.37. The van der Waals surface area contributed by atoms with Crippen LogP contribution < -0.4 is 10.6 Å². The van der Waals surface area contributed by atoms with Gasteiger partial charge in [0.15, 0.2) is 5.69 Å². The number of nitrogens with one attached hydrogen (secondary N) is 2. The molecule has 1 aliphatic rings. The Morgan fingerprint density at radius 3 is 2.44 bits per heavy atom. The molecule has 1 aromatic heterocycles. The first kappa shape index (κ1) is 17.4. The van der Waals surface area contributed by atoms with Crippen LogP contribution in [0.1, 0.15) is 36.9 Å². The van der Waals surface area contributed by atoms with Crippen molar-refractivity contribution in [3.8, 4) is 0 Å². The van der Waals surface area contributed by atoms with E-state index in [4.69, 9.17) is 0 Å². The number of alkyl halides is 3. The van der Waals surface area contributed by atoms with Gasteiger partial charge in [0.1, 0.15) is 11.6 Å². The summed E-state index contributed by atoms with van der Waals surface area (Å²) < 4.78 is 52.7. The Labute approximate surface area is 142 Å². The van der Waals surface area contributed by atoms with Gasteiger partial charge in [-0.25, -0.2) is 9.37 Å². The average Bonchev–Trinajstić information content (AvgIpc) is 3.03. The number of anilines is 3. The van der Waals surface area contributed by atoms with Crippen LogP contribution >= 0.6 is 0 Å². The fourth-order valence-corrected chi connectivity index (χ4v) is 2.84. The molecule has 3 rings (SSSR count). The van der Waals surface area contributed by atoms with E-state index in [0.717, 1.165) is 31.7 Å². The van der Waals surface area contributed by atoms with Gasteiger partial charge in [0.25, 0.3) is 0 Å². The van der Waals surface area contributed by atoms with Gasteiger partial charge in [0.05, 0.1) is 0 Å². The molecule has 0 atom stereocenters. The van der Waals surface area contributed by atoms with Crippen LogP contribution in [0.15, 0.2) is 24.3 Å². The van der Waals surface area contributed by atoms with Gasteiger partial charge < -0.3 is 10.6 Å². The minimum Gasteiger partial charge on any atom is -0.351 e. The first-order valence-electron chi connectivity index (χ1n) is 8.07. The standard InChI is InChI=1S/C17H18F4N4/c1-10-8-12(6-7-13(10)18)22-15-9-14(17(19,20)21)24-16(25-15)23-11-4-2-3-5-11/h6-9,11H,2-5H2,1H3,(H2,22,23,24,25). The molecular formula is C17H18F4N4. The summed E-state index contributed by atoms with van der Waals surface area (Å²) in [4.78, 5) is 7.72. The van der Waals surface area contributed by atoms with E-state index < -0.39 is 11.9 Å². The highest BCUT2D eigenvalue weighted by Crippen LogP contribution is 2.31. The van der Waals surface area contributed by atoms with Crippen LogP contribution in [0.25, 0.3) is 0 Å². The fourth-order valence-electron chi connectivity index (χ4n) is 2.84. The lowest BCUT2D eigenvalue weighted by atomic mass is 10.2. The second-order valence-corrected chi connectivity index (χ2v) is 6.17. The van der Waals surface area contributed by atoms with Gasteiger partial charge in [-0.05, 0) is 43.5 Å². The van der Waals surface area contributed by atoms with Gasteiger partial charge >= 0.3 is 6.18 Å². The Hall–Kier alpha value is -2.38. The number of halogens is 4. The molecule has 0 aliphatic heterocycles. The van der Waals surface area contributed by atoms with Gasteiger partial charge in [-0.3, -0.25) is 0 Å². The maximum atomic E-state index is 13.3. The van der Waals surface area contributed by atoms with E-state index in [0.29, 0.717) is 11.3 Å². The van der Waals surface area contributed by atoms with Gasteiger partial charge in [-0.1, -0.05) is 12.8 Å². The predicted molar refractivity (Wildman–Crippen MR) is 87.3 cm³/mol. The van der Waals surface area contributed by atoms with Crippen LogP contribution in [0.4, 0.5) is 35.0 Å². The summed E-state index contributed by atoms with van der Waals surface area (Å²) in [6, 6.07) is 5.14. The van der Waals surface area contributed by atoms with E-state index in [1.54, 1.807) is 6.92 Å². The summed E-state index contributed by atoms with van der Waals surface area (Å²) in [7, 11) is 0. The number of aryl methyl sites for hydroxylation is 1. The molecule has 2 N–H and O–H groups in total. The first-order valence-corrected chi connectivity index (χ1v) is 8.07. The molecule has 25 heavy (non-hydrogen) atoms. The molecule has 1 aliphatic carbocycles. The van der Waals surface area contributed by atoms with Crippen molar-refractivity contribution in [3.05, 3.63) is 41.3 Å². The zero-order valence-corrected chi connectivity index (χ0v) is 13.6. The largest absolute Gasteiger partial charge is 0.433 e.